The van der Waals surface area contributed by atoms with Gasteiger partial charge in [0.05, 0.1) is 15.4 Å². The quantitative estimate of drug-likeness (QED) is 0.809. The third kappa shape index (κ3) is 3.72. The molecule has 1 aromatic carbocycles. The van der Waals surface area contributed by atoms with Crippen LogP contribution >= 0.6 is 38.9 Å². The van der Waals surface area contributed by atoms with Crippen LogP contribution in [0.25, 0.3) is 0 Å². The van der Waals surface area contributed by atoms with Crippen LogP contribution in [0.15, 0.2) is 34.1 Å². The monoisotopic (exact) mass is 360 g/mol. The Labute approximate surface area is 130 Å². The first kappa shape index (κ1) is 14.9. The normalized spacial score (nSPS) is 12.4. The fourth-order valence-electron chi connectivity index (χ4n) is 1.66. The van der Waals surface area contributed by atoms with E-state index in [9.17, 15) is 5.11 Å². The summed E-state index contributed by atoms with van der Waals surface area (Å²) in [5.41, 5.74) is 0.805. The highest BCUT2D eigenvalue weighted by atomic mass is 79.9. The molecule has 2 aromatic rings. The summed E-state index contributed by atoms with van der Waals surface area (Å²) < 4.78 is 6.40. The Bertz CT molecular complexity index is 537. The van der Waals surface area contributed by atoms with E-state index >= 15 is 0 Å². The third-order valence-electron chi connectivity index (χ3n) is 2.58. The molecule has 1 unspecified atom stereocenters. The van der Waals surface area contributed by atoms with Gasteiger partial charge in [-0.25, -0.2) is 0 Å². The highest BCUT2D eigenvalue weighted by molar-refractivity contribution is 9.11. The molecule has 0 aliphatic rings. The van der Waals surface area contributed by atoms with E-state index in [1.165, 1.54) is 11.3 Å². The highest BCUT2D eigenvalue weighted by Crippen LogP contribution is 2.37. The van der Waals surface area contributed by atoms with Crippen molar-refractivity contribution in [1.29, 1.82) is 0 Å². The fourth-order valence-corrected chi connectivity index (χ4v) is 3.42. The maximum Gasteiger partial charge on any atom is 0.119 e. The Morgan fingerprint density at radius 3 is 2.84 bits per heavy atom. The number of halogens is 2. The lowest BCUT2D eigenvalue weighted by molar-refractivity contribution is 0.223. The van der Waals surface area contributed by atoms with Gasteiger partial charge in [0.15, 0.2) is 0 Å². The van der Waals surface area contributed by atoms with Crippen molar-refractivity contribution in [1.82, 2.24) is 0 Å². The van der Waals surface area contributed by atoms with Crippen molar-refractivity contribution in [3.8, 4) is 5.75 Å². The second-order valence-corrected chi connectivity index (χ2v) is 6.90. The number of thiophene rings is 1. The first-order valence-corrected chi connectivity index (χ1v) is 7.96. The number of hydrogen-bond acceptors (Lipinski definition) is 3. The second kappa shape index (κ2) is 6.75. The number of rotatable bonds is 5. The maximum atomic E-state index is 10.4. The van der Waals surface area contributed by atoms with Gasteiger partial charge in [0.1, 0.15) is 11.9 Å². The van der Waals surface area contributed by atoms with Gasteiger partial charge in [0, 0.05) is 4.88 Å². The lowest BCUT2D eigenvalue weighted by Crippen LogP contribution is -1.99. The number of ether oxygens (including phenoxy) is 1. The van der Waals surface area contributed by atoms with Gasteiger partial charge >= 0.3 is 0 Å². The van der Waals surface area contributed by atoms with Crippen molar-refractivity contribution in [2.45, 2.75) is 19.4 Å². The van der Waals surface area contributed by atoms with E-state index in [1.807, 2.05) is 24.3 Å². The van der Waals surface area contributed by atoms with Crippen LogP contribution in [-0.4, -0.2) is 11.7 Å². The number of benzene rings is 1. The molecule has 0 aliphatic heterocycles. The molecule has 0 fully saturated rings. The molecular formula is C14H14BrClO2S. The lowest BCUT2D eigenvalue weighted by atomic mass is 10.1. The van der Waals surface area contributed by atoms with Crippen molar-refractivity contribution in [3.05, 3.63) is 49.6 Å². The van der Waals surface area contributed by atoms with Gasteiger partial charge in [-0.15, -0.1) is 11.3 Å². The largest absolute Gasteiger partial charge is 0.494 e. The molecule has 5 heteroatoms. The van der Waals surface area contributed by atoms with E-state index < -0.39 is 6.10 Å². The first-order valence-electron chi connectivity index (χ1n) is 5.97. The summed E-state index contributed by atoms with van der Waals surface area (Å²) in [7, 11) is 0. The van der Waals surface area contributed by atoms with Gasteiger partial charge in [-0.3, -0.25) is 0 Å². The predicted octanol–water partition coefficient (Wildman–Crippen LogP) is 5.03. The zero-order valence-corrected chi connectivity index (χ0v) is 13.6. The van der Waals surface area contributed by atoms with E-state index in [1.54, 1.807) is 6.07 Å². The Morgan fingerprint density at radius 2 is 2.21 bits per heavy atom. The molecule has 19 heavy (non-hydrogen) atoms. The second-order valence-electron chi connectivity index (χ2n) is 4.09. The summed E-state index contributed by atoms with van der Waals surface area (Å²) in [6.07, 6.45) is 0.277. The van der Waals surface area contributed by atoms with Crippen LogP contribution in [-0.2, 0) is 0 Å². The summed E-state index contributed by atoms with van der Waals surface area (Å²) >= 11 is 10.8. The summed E-state index contributed by atoms with van der Waals surface area (Å²) in [6, 6.07) is 9.30. The summed E-state index contributed by atoms with van der Waals surface area (Å²) in [4.78, 5) is 0.810. The van der Waals surface area contributed by atoms with Crippen molar-refractivity contribution < 1.29 is 9.84 Å². The minimum absolute atomic E-state index is 0.623. The van der Waals surface area contributed by atoms with Crippen LogP contribution in [0.4, 0.5) is 0 Å². The molecule has 1 N–H and O–H groups in total. The van der Waals surface area contributed by atoms with Gasteiger partial charge in [0.25, 0.3) is 0 Å². The highest BCUT2D eigenvalue weighted by Gasteiger charge is 2.15. The standard InChI is InChI=1S/C14H14BrClO2S/c1-2-6-18-10-5-3-4-9(7-10)13(17)12-8-11(16)14(15)19-12/h3-5,7-8,13,17H,2,6H2,1H3. The Balaban J connectivity index is 2.20. The molecule has 1 aromatic heterocycles. The zero-order chi connectivity index (χ0) is 13.8. The smallest absolute Gasteiger partial charge is 0.119 e. The molecule has 1 atom stereocenters. The van der Waals surface area contributed by atoms with Gasteiger partial charge in [0.2, 0.25) is 0 Å². The molecule has 2 rings (SSSR count). The van der Waals surface area contributed by atoms with E-state index in [2.05, 4.69) is 22.9 Å². The zero-order valence-electron chi connectivity index (χ0n) is 10.4. The molecule has 0 spiro atoms. The summed E-state index contributed by atoms with van der Waals surface area (Å²) in [5.74, 6) is 0.778. The molecule has 2 nitrogen and oxygen atoms in total. The van der Waals surface area contributed by atoms with Crippen LogP contribution in [0.1, 0.15) is 29.9 Å². The predicted molar refractivity (Wildman–Crippen MR) is 83.3 cm³/mol. The van der Waals surface area contributed by atoms with Gasteiger partial charge in [-0.05, 0) is 46.1 Å². The van der Waals surface area contributed by atoms with Crippen molar-refractivity contribution in [2.24, 2.45) is 0 Å². The molecule has 0 radical (unpaired) electrons. The van der Waals surface area contributed by atoms with Crippen molar-refractivity contribution >= 4 is 38.9 Å². The minimum atomic E-state index is -0.682. The average molecular weight is 362 g/mol. The van der Waals surface area contributed by atoms with E-state index in [-0.39, 0.29) is 0 Å². The van der Waals surface area contributed by atoms with Gasteiger partial charge in [-0.2, -0.15) is 0 Å². The van der Waals surface area contributed by atoms with E-state index in [0.717, 1.165) is 26.4 Å². The molecule has 0 bridgehead atoms. The van der Waals surface area contributed by atoms with Crippen LogP contribution < -0.4 is 4.74 Å². The van der Waals surface area contributed by atoms with Crippen LogP contribution in [0.5, 0.6) is 5.75 Å². The Kier molecular flexibility index (Phi) is 5.28. The van der Waals surface area contributed by atoms with Gasteiger partial charge < -0.3 is 9.84 Å². The molecule has 0 amide bonds. The molecular weight excluding hydrogens is 348 g/mol. The number of aliphatic hydroxyl groups excluding tert-OH is 1. The molecule has 0 saturated carbocycles. The molecule has 102 valence electrons. The molecule has 0 saturated heterocycles. The SMILES string of the molecule is CCCOc1cccc(C(O)c2cc(Cl)c(Br)s2)c1. The van der Waals surface area contributed by atoms with Crippen molar-refractivity contribution in [2.75, 3.05) is 6.61 Å². The third-order valence-corrected chi connectivity index (χ3v) is 5.11. The first-order chi connectivity index (χ1) is 9.11. The average Bonchev–Trinajstić information content (AvgIpc) is 2.76. The van der Waals surface area contributed by atoms with E-state index in [4.69, 9.17) is 16.3 Å². The van der Waals surface area contributed by atoms with Crippen LogP contribution in [0.3, 0.4) is 0 Å². The number of aliphatic hydroxyl groups is 1. The van der Waals surface area contributed by atoms with Gasteiger partial charge in [-0.1, -0.05) is 30.7 Å². The Morgan fingerprint density at radius 1 is 1.42 bits per heavy atom. The minimum Gasteiger partial charge on any atom is -0.494 e. The summed E-state index contributed by atoms with van der Waals surface area (Å²) in [6.45, 7) is 2.74. The van der Waals surface area contributed by atoms with Crippen LogP contribution in [0.2, 0.25) is 5.02 Å². The molecule has 0 aliphatic carbocycles. The lowest BCUT2D eigenvalue weighted by Gasteiger charge is -2.11. The van der Waals surface area contributed by atoms with E-state index in [0.29, 0.717) is 11.6 Å². The topological polar surface area (TPSA) is 29.5 Å². The van der Waals surface area contributed by atoms with Crippen molar-refractivity contribution in [3.63, 3.8) is 0 Å². The molecule has 1 heterocycles. The number of hydrogen-bond donors (Lipinski definition) is 1. The fraction of sp³-hybridized carbons (Fsp3) is 0.286. The maximum absolute atomic E-state index is 10.4. The van der Waals surface area contributed by atoms with Crippen LogP contribution in [0, 0.1) is 0 Å². The summed E-state index contributed by atoms with van der Waals surface area (Å²) in [5, 5.41) is 11.0. The Hall–Kier alpha value is -0.550.